The Morgan fingerprint density at radius 2 is 1.65 bits per heavy atom. The Morgan fingerprint density at radius 1 is 1.03 bits per heavy atom. The lowest BCUT2D eigenvalue weighted by molar-refractivity contribution is -0.170. The molecule has 0 aliphatic carbocycles. The Labute approximate surface area is 201 Å². The monoisotopic (exact) mass is 483 g/mol. The van der Waals surface area contributed by atoms with E-state index < -0.39 is 46.2 Å². The molecule has 2 heterocycles. The first kappa shape index (κ1) is 23.8. The minimum atomic E-state index is -1.67. The van der Waals surface area contributed by atoms with Gasteiger partial charge < -0.3 is 19.7 Å². The smallest absolute Gasteiger partial charge is 0.330 e. The van der Waals surface area contributed by atoms with Crippen molar-refractivity contribution in [2.45, 2.75) is 35.7 Å². The number of fused-ring (bicyclic) bond motifs is 1. The van der Waals surface area contributed by atoms with E-state index in [4.69, 9.17) is 15.2 Å². The van der Waals surface area contributed by atoms with Crippen LogP contribution in [0.4, 0.5) is 0 Å². The van der Waals surface area contributed by atoms with Crippen molar-refractivity contribution in [1.82, 2.24) is 10.2 Å². The van der Waals surface area contributed by atoms with E-state index in [1.54, 1.807) is 68.4 Å². The van der Waals surface area contributed by atoms with Crippen LogP contribution in [0.15, 0.2) is 60.7 Å². The van der Waals surface area contributed by atoms with Crippen LogP contribution in [0, 0.1) is 0 Å². The van der Waals surface area contributed by atoms with Crippen molar-refractivity contribution in [2.24, 2.45) is 5.73 Å². The van der Waals surface area contributed by atoms with E-state index in [0.717, 1.165) is 0 Å². The van der Waals surface area contributed by atoms with Gasteiger partial charge in [0, 0.05) is 10.3 Å². The molecule has 178 valence electrons. The number of nitrogens with two attached hydrogens (primary N) is 1. The molecule has 4 rings (SSSR count). The highest BCUT2D eigenvalue weighted by atomic mass is 32.2. The van der Waals surface area contributed by atoms with Gasteiger partial charge in [0.1, 0.15) is 17.2 Å². The first-order chi connectivity index (χ1) is 16.1. The maximum Gasteiger partial charge on any atom is 0.330 e. The molecule has 0 unspecified atom stereocenters. The largest absolute Gasteiger partial charge is 0.484 e. The lowest BCUT2D eigenvalue weighted by Gasteiger charge is -2.50. The van der Waals surface area contributed by atoms with Crippen LogP contribution in [-0.2, 0) is 19.1 Å². The van der Waals surface area contributed by atoms with Gasteiger partial charge in [0.05, 0.1) is 0 Å². The first-order valence-electron chi connectivity index (χ1n) is 10.7. The summed E-state index contributed by atoms with van der Waals surface area (Å²) in [7, 11) is 0. The van der Waals surface area contributed by atoms with Gasteiger partial charge in [-0.05, 0) is 26.0 Å². The van der Waals surface area contributed by atoms with E-state index in [1.807, 2.05) is 6.07 Å². The molecule has 2 aromatic carbocycles. The van der Waals surface area contributed by atoms with Gasteiger partial charge in [-0.25, -0.2) is 4.79 Å². The van der Waals surface area contributed by atoms with Crippen LogP contribution in [0.3, 0.4) is 0 Å². The van der Waals surface area contributed by atoms with Gasteiger partial charge in [0.15, 0.2) is 24.7 Å². The van der Waals surface area contributed by atoms with Crippen molar-refractivity contribution in [1.29, 1.82) is 0 Å². The number of esters is 1. The molecule has 2 aliphatic rings. The summed E-state index contributed by atoms with van der Waals surface area (Å²) in [5.41, 5.74) is 5.03. The molecule has 0 bridgehead atoms. The molecule has 34 heavy (non-hydrogen) atoms. The molecule has 9 nitrogen and oxygen atoms in total. The molecular weight excluding hydrogens is 458 g/mol. The molecule has 0 saturated carbocycles. The number of Topliss-reactive ketones (excluding diaryl/α,β-unsaturated/α-hetero) is 1. The third-order valence-electron chi connectivity index (χ3n) is 5.71. The Balaban J connectivity index is 1.38. The van der Waals surface area contributed by atoms with Crippen molar-refractivity contribution in [3.05, 3.63) is 66.2 Å². The number of carbonyl (C=O) groups is 4. The number of hydrogen-bond acceptors (Lipinski definition) is 8. The number of hydrogen-bond donors (Lipinski definition) is 2. The van der Waals surface area contributed by atoms with E-state index >= 15 is 0 Å². The van der Waals surface area contributed by atoms with Gasteiger partial charge in [-0.3, -0.25) is 20.1 Å². The number of amides is 2. The van der Waals surface area contributed by atoms with Gasteiger partial charge in [0.25, 0.3) is 11.8 Å². The normalized spacial score (nSPS) is 24.6. The van der Waals surface area contributed by atoms with Crippen LogP contribution in [0.5, 0.6) is 5.75 Å². The lowest BCUT2D eigenvalue weighted by Crippen LogP contribution is -2.84. The SMILES string of the molecule is CC1(C)S[C@H]2N(C(=O)[C@@]2(N)NC(=O)COc2ccccc2)[C@H]1C(=O)OCC(=O)c1ccccc1. The summed E-state index contributed by atoms with van der Waals surface area (Å²) in [6, 6.07) is 16.3. The topological polar surface area (TPSA) is 128 Å². The number of carbonyl (C=O) groups excluding carboxylic acids is 4. The number of para-hydroxylation sites is 1. The predicted molar refractivity (Wildman–Crippen MR) is 125 cm³/mol. The molecule has 10 heteroatoms. The third-order valence-corrected chi connectivity index (χ3v) is 7.36. The summed E-state index contributed by atoms with van der Waals surface area (Å²) in [5.74, 6) is -1.69. The van der Waals surface area contributed by atoms with Crippen LogP contribution in [0.2, 0.25) is 0 Å². The fraction of sp³-hybridized carbons (Fsp3) is 0.333. The Morgan fingerprint density at radius 3 is 2.29 bits per heavy atom. The average Bonchev–Trinajstić information content (AvgIpc) is 3.11. The maximum atomic E-state index is 13.0. The van der Waals surface area contributed by atoms with Gasteiger partial charge in [-0.1, -0.05) is 48.5 Å². The summed E-state index contributed by atoms with van der Waals surface area (Å²) in [4.78, 5) is 51.9. The molecule has 3 atom stereocenters. The number of thioether (sulfide) groups is 1. The Bertz CT molecular complexity index is 1110. The fourth-order valence-corrected chi connectivity index (χ4v) is 5.63. The number of ketones is 1. The van der Waals surface area contributed by atoms with Crippen molar-refractivity contribution >= 4 is 35.3 Å². The highest BCUT2D eigenvalue weighted by Crippen LogP contribution is 2.53. The molecular formula is C24H25N3O6S. The maximum absolute atomic E-state index is 13.0. The number of β-lactam (4-membered cyclic amide) rings is 1. The van der Waals surface area contributed by atoms with E-state index in [1.165, 1.54) is 16.7 Å². The Kier molecular flexibility index (Phi) is 6.37. The van der Waals surface area contributed by atoms with Crippen molar-refractivity contribution < 1.29 is 28.7 Å². The van der Waals surface area contributed by atoms with E-state index in [2.05, 4.69) is 5.32 Å². The molecule has 0 radical (unpaired) electrons. The van der Waals surface area contributed by atoms with Crippen molar-refractivity contribution in [2.75, 3.05) is 13.2 Å². The second-order valence-electron chi connectivity index (χ2n) is 8.60. The van der Waals surface area contributed by atoms with Crippen LogP contribution >= 0.6 is 11.8 Å². The molecule has 2 aliphatic heterocycles. The quantitative estimate of drug-likeness (QED) is 0.249. The van der Waals surface area contributed by atoms with Gasteiger partial charge >= 0.3 is 5.97 Å². The number of nitrogens with one attached hydrogen (secondary N) is 1. The summed E-state index contributed by atoms with van der Waals surface area (Å²) in [5, 5.41) is 1.88. The molecule has 0 aromatic heterocycles. The van der Waals surface area contributed by atoms with Crippen LogP contribution in [0.25, 0.3) is 0 Å². The number of benzene rings is 2. The van der Waals surface area contributed by atoms with Gasteiger partial charge in [-0.2, -0.15) is 0 Å². The second-order valence-corrected chi connectivity index (χ2v) is 10.3. The van der Waals surface area contributed by atoms with Gasteiger partial charge in [-0.15, -0.1) is 11.8 Å². The molecule has 0 spiro atoms. The minimum Gasteiger partial charge on any atom is -0.484 e. The molecule has 2 aromatic rings. The molecule has 2 saturated heterocycles. The van der Waals surface area contributed by atoms with Crippen molar-refractivity contribution in [3.63, 3.8) is 0 Å². The molecule has 2 amide bonds. The van der Waals surface area contributed by atoms with Crippen LogP contribution < -0.4 is 15.8 Å². The van der Waals surface area contributed by atoms with Crippen LogP contribution in [0.1, 0.15) is 24.2 Å². The zero-order valence-electron chi connectivity index (χ0n) is 18.7. The van der Waals surface area contributed by atoms with Crippen molar-refractivity contribution in [3.8, 4) is 5.75 Å². The van der Waals surface area contributed by atoms with Gasteiger partial charge in [0.2, 0.25) is 0 Å². The highest BCUT2D eigenvalue weighted by Gasteiger charge is 2.71. The minimum absolute atomic E-state index is 0.315. The first-order valence-corrected chi connectivity index (χ1v) is 11.5. The predicted octanol–water partition coefficient (Wildman–Crippen LogP) is 1.33. The fourth-order valence-electron chi connectivity index (χ4n) is 4.04. The Hall–Kier alpha value is -3.37. The standard InChI is InChI=1S/C24H25N3O6S/c1-23(2)19(20(30)33-13-17(28)15-9-5-3-6-10-15)27-21(31)24(25,22(27)34-23)26-18(29)14-32-16-11-7-4-8-12-16/h3-12,19,22H,13-14,25H2,1-2H3,(H,26,29)/t19-,22+,24+/m0/s1. The zero-order valence-corrected chi connectivity index (χ0v) is 19.5. The third kappa shape index (κ3) is 4.38. The number of nitrogens with zero attached hydrogens (tertiary/aromatic N) is 1. The summed E-state index contributed by atoms with van der Waals surface area (Å²) in [6.45, 7) is 2.82. The number of ether oxygens (including phenoxy) is 2. The average molecular weight is 484 g/mol. The molecule has 2 fully saturated rings. The lowest BCUT2D eigenvalue weighted by atomic mass is 9.92. The zero-order chi connectivity index (χ0) is 24.5. The number of rotatable bonds is 8. The summed E-state index contributed by atoms with van der Waals surface area (Å²) in [6.07, 6.45) is 0. The van der Waals surface area contributed by atoms with E-state index in [-0.39, 0.29) is 12.4 Å². The second kappa shape index (κ2) is 9.11. The summed E-state index contributed by atoms with van der Waals surface area (Å²) >= 11 is 1.29. The van der Waals surface area contributed by atoms with E-state index in [0.29, 0.717) is 11.3 Å². The summed E-state index contributed by atoms with van der Waals surface area (Å²) < 4.78 is 9.94. The highest BCUT2D eigenvalue weighted by molar-refractivity contribution is 8.01. The molecule has 3 N–H and O–H groups in total. The van der Waals surface area contributed by atoms with E-state index in [9.17, 15) is 19.2 Å². The van der Waals surface area contributed by atoms with Crippen LogP contribution in [-0.4, -0.2) is 63.5 Å².